The molecule has 21 heavy (non-hydrogen) atoms. The van der Waals surface area contributed by atoms with E-state index in [1.807, 2.05) is 54.6 Å². The highest BCUT2D eigenvalue weighted by Gasteiger charge is 2.11. The topological polar surface area (TPSA) is 69.6 Å². The van der Waals surface area contributed by atoms with Gasteiger partial charge in [0.15, 0.2) is 0 Å². The molecule has 0 saturated carbocycles. The zero-order valence-electron chi connectivity index (χ0n) is 11.0. The average Bonchev–Trinajstić information content (AvgIpc) is 3.17. The van der Waals surface area contributed by atoms with Gasteiger partial charge in [0, 0.05) is 5.56 Å². The molecule has 2 heterocycles. The molecule has 0 aliphatic carbocycles. The van der Waals surface area contributed by atoms with Gasteiger partial charge >= 0.3 is 0 Å². The second-order valence-electron chi connectivity index (χ2n) is 4.61. The predicted octanol–water partition coefficient (Wildman–Crippen LogP) is 2.53. The van der Waals surface area contributed by atoms with E-state index in [9.17, 15) is 0 Å². The number of aromatic nitrogens is 5. The predicted molar refractivity (Wildman–Crippen MR) is 76.4 cm³/mol. The number of nitrogens with zero attached hydrogens (tertiary/aromatic N) is 5. The van der Waals surface area contributed by atoms with Crippen LogP contribution in [0.5, 0.6) is 0 Å². The molecule has 0 atom stereocenters. The van der Waals surface area contributed by atoms with Gasteiger partial charge in [0.1, 0.15) is 12.1 Å². The molecule has 4 aromatic rings. The van der Waals surface area contributed by atoms with E-state index in [-0.39, 0.29) is 0 Å². The fourth-order valence-corrected chi connectivity index (χ4v) is 2.19. The fraction of sp³-hybridized carbons (Fsp3) is 0.0667. The van der Waals surface area contributed by atoms with Crippen LogP contribution >= 0.6 is 0 Å². The van der Waals surface area contributed by atoms with Crippen molar-refractivity contribution in [2.24, 2.45) is 0 Å². The molecule has 0 fully saturated rings. The average molecular weight is 277 g/mol. The summed E-state index contributed by atoms with van der Waals surface area (Å²) in [6, 6.07) is 17.5. The van der Waals surface area contributed by atoms with Gasteiger partial charge in [0.05, 0.1) is 5.52 Å². The van der Waals surface area contributed by atoms with E-state index in [1.165, 1.54) is 0 Å². The first-order chi connectivity index (χ1) is 10.4. The maximum absolute atomic E-state index is 5.29. The number of para-hydroxylation sites is 1. The number of rotatable bonds is 3. The minimum atomic E-state index is 0.403. The van der Waals surface area contributed by atoms with Crippen molar-refractivity contribution in [2.45, 2.75) is 6.54 Å². The van der Waals surface area contributed by atoms with Crippen LogP contribution in [0.4, 0.5) is 0 Å². The van der Waals surface area contributed by atoms with Crippen LogP contribution in [-0.4, -0.2) is 25.1 Å². The monoisotopic (exact) mass is 277 g/mol. The molecular weight excluding hydrogens is 266 g/mol. The quantitative estimate of drug-likeness (QED) is 0.575. The zero-order valence-corrected chi connectivity index (χ0v) is 11.0. The van der Waals surface area contributed by atoms with E-state index in [0.717, 1.165) is 16.6 Å². The Balaban J connectivity index is 1.65. The lowest BCUT2D eigenvalue weighted by Crippen LogP contribution is -2.02. The SMILES string of the molecule is c1ccc(-c2noc(Cn3nnc4ccccc43)n2)cc1. The first kappa shape index (κ1) is 11.8. The van der Waals surface area contributed by atoms with Crippen LogP contribution in [0.3, 0.4) is 0 Å². The van der Waals surface area contributed by atoms with Crippen molar-refractivity contribution < 1.29 is 4.52 Å². The summed E-state index contributed by atoms with van der Waals surface area (Å²) >= 11 is 0. The summed E-state index contributed by atoms with van der Waals surface area (Å²) in [6.45, 7) is 0.403. The largest absolute Gasteiger partial charge is 0.337 e. The molecule has 2 aromatic carbocycles. The van der Waals surface area contributed by atoms with E-state index in [1.54, 1.807) is 4.68 Å². The standard InChI is InChI=1S/C15H11N5O/c1-2-6-11(7-3-1)15-16-14(21-18-15)10-20-13-9-5-4-8-12(13)17-19-20/h1-9H,10H2. The minimum Gasteiger partial charge on any atom is -0.337 e. The third-order valence-corrected chi connectivity index (χ3v) is 3.21. The van der Waals surface area contributed by atoms with Gasteiger partial charge in [0.2, 0.25) is 11.7 Å². The van der Waals surface area contributed by atoms with E-state index in [0.29, 0.717) is 18.3 Å². The Morgan fingerprint density at radius 2 is 1.76 bits per heavy atom. The maximum atomic E-state index is 5.29. The van der Waals surface area contributed by atoms with Crippen LogP contribution < -0.4 is 0 Å². The smallest absolute Gasteiger partial charge is 0.248 e. The Bertz CT molecular complexity index is 881. The molecule has 2 aromatic heterocycles. The molecule has 0 radical (unpaired) electrons. The van der Waals surface area contributed by atoms with Crippen molar-refractivity contribution in [3.05, 3.63) is 60.5 Å². The maximum Gasteiger partial charge on any atom is 0.248 e. The van der Waals surface area contributed by atoms with Crippen LogP contribution in [0, 0.1) is 0 Å². The Labute approximate surface area is 120 Å². The summed E-state index contributed by atoms with van der Waals surface area (Å²) in [5.74, 6) is 1.08. The second kappa shape index (κ2) is 4.82. The third-order valence-electron chi connectivity index (χ3n) is 3.21. The Hall–Kier alpha value is -3.02. The molecule has 6 heteroatoms. The van der Waals surface area contributed by atoms with Crippen molar-refractivity contribution >= 4 is 11.0 Å². The van der Waals surface area contributed by atoms with Gasteiger partial charge in [0.25, 0.3) is 0 Å². The number of hydrogen-bond acceptors (Lipinski definition) is 5. The molecule has 0 bridgehead atoms. The summed E-state index contributed by atoms with van der Waals surface area (Å²) in [4.78, 5) is 4.40. The van der Waals surface area contributed by atoms with Crippen molar-refractivity contribution in [2.75, 3.05) is 0 Å². The highest BCUT2D eigenvalue weighted by molar-refractivity contribution is 5.73. The first-order valence-corrected chi connectivity index (χ1v) is 6.56. The summed E-state index contributed by atoms with van der Waals surface area (Å²) in [7, 11) is 0. The molecule has 6 nitrogen and oxygen atoms in total. The van der Waals surface area contributed by atoms with Gasteiger partial charge in [-0.05, 0) is 12.1 Å². The molecular formula is C15H11N5O. The first-order valence-electron chi connectivity index (χ1n) is 6.56. The van der Waals surface area contributed by atoms with Gasteiger partial charge in [-0.3, -0.25) is 0 Å². The van der Waals surface area contributed by atoms with Crippen molar-refractivity contribution in [1.82, 2.24) is 25.1 Å². The number of fused-ring (bicyclic) bond motifs is 1. The molecule has 0 amide bonds. The van der Waals surface area contributed by atoms with Crippen molar-refractivity contribution in [3.8, 4) is 11.4 Å². The second-order valence-corrected chi connectivity index (χ2v) is 4.61. The summed E-state index contributed by atoms with van der Waals surface area (Å²) in [5.41, 5.74) is 2.72. The molecule has 102 valence electrons. The van der Waals surface area contributed by atoms with Gasteiger partial charge < -0.3 is 4.52 Å². The van der Waals surface area contributed by atoms with Gasteiger partial charge in [-0.25, -0.2) is 4.68 Å². The van der Waals surface area contributed by atoms with Crippen LogP contribution in [0.25, 0.3) is 22.4 Å². The van der Waals surface area contributed by atoms with E-state index < -0.39 is 0 Å². The van der Waals surface area contributed by atoms with Gasteiger partial charge in [-0.1, -0.05) is 52.8 Å². The summed E-state index contributed by atoms with van der Waals surface area (Å²) in [5, 5.41) is 12.2. The van der Waals surface area contributed by atoms with Gasteiger partial charge in [-0.15, -0.1) is 5.10 Å². The fourth-order valence-electron chi connectivity index (χ4n) is 2.19. The molecule has 0 N–H and O–H groups in total. The number of benzene rings is 2. The Kier molecular flexibility index (Phi) is 2.71. The van der Waals surface area contributed by atoms with Crippen LogP contribution in [0.15, 0.2) is 59.1 Å². The molecule has 0 aliphatic rings. The third kappa shape index (κ3) is 2.16. The van der Waals surface area contributed by atoms with Crippen molar-refractivity contribution in [3.63, 3.8) is 0 Å². The minimum absolute atomic E-state index is 0.403. The Morgan fingerprint density at radius 1 is 0.952 bits per heavy atom. The lowest BCUT2D eigenvalue weighted by atomic mass is 10.2. The number of hydrogen-bond donors (Lipinski definition) is 0. The van der Waals surface area contributed by atoms with E-state index in [4.69, 9.17) is 4.52 Å². The lowest BCUT2D eigenvalue weighted by Gasteiger charge is -1.96. The molecule has 0 saturated heterocycles. The zero-order chi connectivity index (χ0) is 14.1. The van der Waals surface area contributed by atoms with Gasteiger partial charge in [-0.2, -0.15) is 4.98 Å². The summed E-state index contributed by atoms with van der Waals surface area (Å²) < 4.78 is 7.04. The van der Waals surface area contributed by atoms with Crippen LogP contribution in [-0.2, 0) is 6.54 Å². The highest BCUT2D eigenvalue weighted by Crippen LogP contribution is 2.16. The molecule has 4 rings (SSSR count). The van der Waals surface area contributed by atoms with E-state index in [2.05, 4.69) is 20.5 Å². The summed E-state index contributed by atoms with van der Waals surface area (Å²) in [6.07, 6.45) is 0. The lowest BCUT2D eigenvalue weighted by molar-refractivity contribution is 0.366. The van der Waals surface area contributed by atoms with Crippen LogP contribution in [0.1, 0.15) is 5.89 Å². The molecule has 0 unspecified atom stereocenters. The molecule has 0 spiro atoms. The molecule has 0 aliphatic heterocycles. The Morgan fingerprint density at radius 3 is 2.67 bits per heavy atom. The van der Waals surface area contributed by atoms with Crippen LogP contribution in [0.2, 0.25) is 0 Å². The van der Waals surface area contributed by atoms with E-state index >= 15 is 0 Å². The van der Waals surface area contributed by atoms with Crippen molar-refractivity contribution in [1.29, 1.82) is 0 Å². The highest BCUT2D eigenvalue weighted by atomic mass is 16.5. The normalized spacial score (nSPS) is 11.0.